The van der Waals surface area contributed by atoms with Crippen molar-refractivity contribution in [3.63, 3.8) is 0 Å². The summed E-state index contributed by atoms with van der Waals surface area (Å²) in [4.78, 5) is 38.3. The lowest BCUT2D eigenvalue weighted by atomic mass is 10.0. The van der Waals surface area contributed by atoms with Crippen LogP contribution in [0, 0.1) is 0 Å². The molecule has 0 aromatic heterocycles. The first kappa shape index (κ1) is 77.3. The summed E-state index contributed by atoms with van der Waals surface area (Å²) in [6.07, 6.45) is 92.9. The van der Waals surface area contributed by atoms with Crippen molar-refractivity contribution in [3.05, 3.63) is 97.2 Å². The van der Waals surface area contributed by atoms with E-state index in [2.05, 4.69) is 118 Å². The number of ether oxygens (including phenoxy) is 3. The van der Waals surface area contributed by atoms with Crippen LogP contribution in [0.15, 0.2) is 97.2 Å². The van der Waals surface area contributed by atoms with Gasteiger partial charge in [-0.05, 0) is 96.3 Å². The smallest absolute Gasteiger partial charge is 0.306 e. The molecule has 0 rings (SSSR count). The SMILES string of the molecule is CC/C=C\C/C=C\C/C=C\C/C=C\C/C=C\C/C=C\C/C=C\CCCCCCCCCCCC(=O)OCC(COC(=O)CCCCCCC/C=C\CCCC)OC(=O)CCCCCCCCCCCCCCCCCCCCCCC. The van der Waals surface area contributed by atoms with Gasteiger partial charge >= 0.3 is 17.9 Å². The lowest BCUT2D eigenvalue weighted by molar-refractivity contribution is -0.167. The molecule has 0 N–H and O–H groups in total. The van der Waals surface area contributed by atoms with Gasteiger partial charge in [0.05, 0.1) is 0 Å². The van der Waals surface area contributed by atoms with Crippen molar-refractivity contribution in [2.45, 2.75) is 348 Å². The fraction of sp³-hybridized carbons (Fsp3) is 0.747. The Morgan fingerprint density at radius 1 is 0.259 bits per heavy atom. The van der Waals surface area contributed by atoms with E-state index in [0.717, 1.165) is 116 Å². The van der Waals surface area contributed by atoms with E-state index in [-0.39, 0.29) is 31.1 Å². The lowest BCUT2D eigenvalue weighted by Gasteiger charge is -2.18. The summed E-state index contributed by atoms with van der Waals surface area (Å²) < 4.78 is 16.9. The van der Waals surface area contributed by atoms with Gasteiger partial charge in [0.15, 0.2) is 6.10 Å². The second-order valence-electron chi connectivity index (χ2n) is 23.1. The molecule has 0 aromatic rings. The second-order valence-corrected chi connectivity index (χ2v) is 23.1. The van der Waals surface area contributed by atoms with Gasteiger partial charge in [-0.15, -0.1) is 0 Å². The quantitative estimate of drug-likeness (QED) is 0.0261. The number of allylic oxidation sites excluding steroid dienone is 16. The zero-order valence-electron chi connectivity index (χ0n) is 53.5. The zero-order chi connectivity index (χ0) is 58.5. The van der Waals surface area contributed by atoms with E-state index in [0.29, 0.717) is 19.3 Å². The van der Waals surface area contributed by atoms with Gasteiger partial charge in [-0.3, -0.25) is 14.4 Å². The molecule has 0 fully saturated rings. The molecular weight excluding hydrogens is 997 g/mol. The van der Waals surface area contributed by atoms with E-state index < -0.39 is 6.10 Å². The summed E-state index contributed by atoms with van der Waals surface area (Å²) in [6.45, 7) is 6.52. The molecule has 6 nitrogen and oxygen atoms in total. The Kier molecular flexibility index (Phi) is 65.7. The fourth-order valence-electron chi connectivity index (χ4n) is 9.88. The maximum absolute atomic E-state index is 12.9. The minimum Gasteiger partial charge on any atom is -0.462 e. The topological polar surface area (TPSA) is 78.9 Å². The molecule has 466 valence electrons. The van der Waals surface area contributed by atoms with Crippen molar-refractivity contribution >= 4 is 17.9 Å². The molecule has 1 unspecified atom stereocenters. The summed E-state index contributed by atoms with van der Waals surface area (Å²) >= 11 is 0. The molecule has 81 heavy (non-hydrogen) atoms. The first-order chi connectivity index (χ1) is 40.0. The number of esters is 3. The van der Waals surface area contributed by atoms with E-state index in [1.54, 1.807) is 0 Å². The summed E-state index contributed by atoms with van der Waals surface area (Å²) in [5.74, 6) is -0.879. The van der Waals surface area contributed by atoms with Crippen LogP contribution in [0.1, 0.15) is 342 Å². The Morgan fingerprint density at radius 3 is 0.802 bits per heavy atom. The fourth-order valence-corrected chi connectivity index (χ4v) is 9.88. The van der Waals surface area contributed by atoms with Crippen LogP contribution in [0.4, 0.5) is 0 Å². The Balaban J connectivity index is 4.23. The number of hydrogen-bond donors (Lipinski definition) is 0. The van der Waals surface area contributed by atoms with E-state index in [1.807, 2.05) is 0 Å². The van der Waals surface area contributed by atoms with Crippen molar-refractivity contribution in [3.8, 4) is 0 Å². The van der Waals surface area contributed by atoms with Gasteiger partial charge in [0, 0.05) is 19.3 Å². The monoisotopic (exact) mass is 1130 g/mol. The first-order valence-electron chi connectivity index (χ1n) is 34.7. The average Bonchev–Trinajstić information content (AvgIpc) is 3.47. The highest BCUT2D eigenvalue weighted by atomic mass is 16.6. The number of unbranched alkanes of at least 4 members (excludes halogenated alkanes) is 36. The van der Waals surface area contributed by atoms with Gasteiger partial charge in [0.2, 0.25) is 0 Å². The molecule has 0 saturated heterocycles. The third kappa shape index (κ3) is 67.0. The summed E-state index contributed by atoms with van der Waals surface area (Å²) in [5, 5.41) is 0. The van der Waals surface area contributed by atoms with Crippen molar-refractivity contribution < 1.29 is 28.6 Å². The molecule has 0 aliphatic carbocycles. The largest absolute Gasteiger partial charge is 0.462 e. The number of carbonyl (C=O) groups excluding carboxylic acids is 3. The van der Waals surface area contributed by atoms with Gasteiger partial charge in [-0.1, -0.05) is 323 Å². The molecule has 0 bridgehead atoms. The molecule has 0 aliphatic rings. The van der Waals surface area contributed by atoms with E-state index in [4.69, 9.17) is 14.2 Å². The maximum atomic E-state index is 12.9. The summed E-state index contributed by atoms with van der Waals surface area (Å²) in [6, 6.07) is 0. The number of carbonyl (C=O) groups is 3. The van der Waals surface area contributed by atoms with E-state index >= 15 is 0 Å². The summed E-state index contributed by atoms with van der Waals surface area (Å²) in [7, 11) is 0. The molecule has 0 radical (unpaired) electrons. The van der Waals surface area contributed by atoms with Crippen LogP contribution in [-0.2, 0) is 28.6 Å². The molecule has 0 heterocycles. The predicted octanol–water partition coefficient (Wildman–Crippen LogP) is 24.0. The van der Waals surface area contributed by atoms with Crippen LogP contribution in [0.3, 0.4) is 0 Å². The van der Waals surface area contributed by atoms with Crippen LogP contribution >= 0.6 is 0 Å². The standard InChI is InChI=1S/C75H130O6/c1-4-7-10-13-16-19-22-24-26-28-30-32-33-34-35-36-37-38-39-40-41-43-44-46-48-50-53-56-59-62-65-68-74(77)80-71-72(70-79-73(76)67-64-61-58-55-52-21-18-15-12-9-6-3)81-75(78)69-66-63-60-57-54-51-49-47-45-42-31-29-27-25-23-20-17-14-11-8-5-2/h7,10,15-16,18-19,24,26,30,32,34-35,37-38,40-41,72H,4-6,8-9,11-14,17,20-23,25,27-29,31,33,36,39,42-71H2,1-3H3/b10-7-,18-15-,19-16-,26-24-,32-30-,35-34-,38-37-,41-40-. The minimum absolute atomic E-state index is 0.0800. The predicted molar refractivity (Wildman–Crippen MR) is 353 cm³/mol. The van der Waals surface area contributed by atoms with Gasteiger partial charge < -0.3 is 14.2 Å². The second kappa shape index (κ2) is 68.8. The highest BCUT2D eigenvalue weighted by molar-refractivity contribution is 5.71. The van der Waals surface area contributed by atoms with Crippen molar-refractivity contribution in [2.75, 3.05) is 13.2 Å². The summed E-state index contributed by atoms with van der Waals surface area (Å²) in [5.41, 5.74) is 0. The van der Waals surface area contributed by atoms with E-state index in [9.17, 15) is 14.4 Å². The Labute approximate surface area is 502 Å². The Morgan fingerprint density at radius 2 is 0.494 bits per heavy atom. The molecule has 0 saturated carbocycles. The molecular formula is C75H130O6. The van der Waals surface area contributed by atoms with Gasteiger partial charge in [0.25, 0.3) is 0 Å². The van der Waals surface area contributed by atoms with Crippen LogP contribution in [0.25, 0.3) is 0 Å². The van der Waals surface area contributed by atoms with Crippen LogP contribution < -0.4 is 0 Å². The third-order valence-electron chi connectivity index (χ3n) is 15.1. The average molecular weight is 1130 g/mol. The van der Waals surface area contributed by atoms with E-state index in [1.165, 1.54) is 186 Å². The molecule has 6 heteroatoms. The zero-order valence-corrected chi connectivity index (χ0v) is 53.5. The lowest BCUT2D eigenvalue weighted by Crippen LogP contribution is -2.30. The van der Waals surface area contributed by atoms with Gasteiger partial charge in [-0.25, -0.2) is 0 Å². The number of hydrogen-bond acceptors (Lipinski definition) is 6. The molecule has 1 atom stereocenters. The highest BCUT2D eigenvalue weighted by Gasteiger charge is 2.19. The van der Waals surface area contributed by atoms with Gasteiger partial charge in [0.1, 0.15) is 13.2 Å². The molecule has 0 aromatic carbocycles. The highest BCUT2D eigenvalue weighted by Crippen LogP contribution is 2.17. The Bertz CT molecular complexity index is 1580. The minimum atomic E-state index is -0.782. The van der Waals surface area contributed by atoms with Crippen molar-refractivity contribution in [2.24, 2.45) is 0 Å². The normalized spacial score (nSPS) is 12.7. The van der Waals surface area contributed by atoms with Gasteiger partial charge in [-0.2, -0.15) is 0 Å². The van der Waals surface area contributed by atoms with Crippen LogP contribution in [0.2, 0.25) is 0 Å². The first-order valence-corrected chi connectivity index (χ1v) is 34.7. The van der Waals surface area contributed by atoms with Crippen molar-refractivity contribution in [1.29, 1.82) is 0 Å². The maximum Gasteiger partial charge on any atom is 0.306 e. The van der Waals surface area contributed by atoms with Crippen molar-refractivity contribution in [1.82, 2.24) is 0 Å². The van der Waals surface area contributed by atoms with Crippen LogP contribution in [0.5, 0.6) is 0 Å². The molecule has 0 aliphatic heterocycles. The molecule has 0 amide bonds. The van der Waals surface area contributed by atoms with Crippen LogP contribution in [-0.4, -0.2) is 37.2 Å². The third-order valence-corrected chi connectivity index (χ3v) is 15.1. The Hall–Kier alpha value is -3.67. The molecule has 0 spiro atoms. The number of rotatable bonds is 63.